The summed E-state index contributed by atoms with van der Waals surface area (Å²) in [6.45, 7) is 1.61. The molecule has 2 aliphatic heterocycles. The zero-order valence-corrected chi connectivity index (χ0v) is 17.2. The van der Waals surface area contributed by atoms with E-state index < -0.39 is 0 Å². The molecule has 0 unspecified atom stereocenters. The lowest BCUT2D eigenvalue weighted by Crippen LogP contribution is -2.43. The van der Waals surface area contributed by atoms with Crippen molar-refractivity contribution in [1.29, 1.82) is 0 Å². The molecule has 0 saturated carbocycles. The molecule has 4 rings (SSSR count). The number of carbonyl (C=O) groups excluding carboxylic acids is 3. The SMILES string of the molecule is O=C(CN1C(=O)CSc2ccc(C(=O)N3CCCC3)cc21)NCc1ccc(F)cc1. The maximum absolute atomic E-state index is 13.0. The van der Waals surface area contributed by atoms with Crippen molar-refractivity contribution in [3.8, 4) is 0 Å². The number of likely N-dealkylation sites (tertiary alicyclic amines) is 1. The monoisotopic (exact) mass is 427 g/mol. The molecule has 30 heavy (non-hydrogen) atoms. The van der Waals surface area contributed by atoms with E-state index in [1.807, 2.05) is 11.0 Å². The Hall–Kier alpha value is -2.87. The highest BCUT2D eigenvalue weighted by molar-refractivity contribution is 8.00. The molecule has 2 aromatic carbocycles. The minimum absolute atomic E-state index is 0.0426. The lowest BCUT2D eigenvalue weighted by Gasteiger charge is -2.29. The van der Waals surface area contributed by atoms with E-state index in [1.165, 1.54) is 28.8 Å². The number of nitrogens with zero attached hydrogens (tertiary/aromatic N) is 2. The number of nitrogens with one attached hydrogen (secondary N) is 1. The quantitative estimate of drug-likeness (QED) is 0.797. The van der Waals surface area contributed by atoms with Crippen LogP contribution in [-0.2, 0) is 16.1 Å². The summed E-state index contributed by atoms with van der Waals surface area (Å²) in [5.41, 5.74) is 1.89. The summed E-state index contributed by atoms with van der Waals surface area (Å²) in [6.07, 6.45) is 2.01. The number of carbonyl (C=O) groups is 3. The molecule has 0 aliphatic carbocycles. The van der Waals surface area contributed by atoms with Gasteiger partial charge in [0.15, 0.2) is 0 Å². The average Bonchev–Trinajstić information content (AvgIpc) is 3.29. The molecule has 0 radical (unpaired) electrons. The molecule has 1 N–H and O–H groups in total. The summed E-state index contributed by atoms with van der Waals surface area (Å²) in [5, 5.41) is 2.76. The van der Waals surface area contributed by atoms with Crippen molar-refractivity contribution in [3.05, 3.63) is 59.4 Å². The Morgan fingerprint density at radius 2 is 1.80 bits per heavy atom. The Morgan fingerprint density at radius 1 is 1.07 bits per heavy atom. The van der Waals surface area contributed by atoms with Gasteiger partial charge in [-0.2, -0.15) is 0 Å². The van der Waals surface area contributed by atoms with Gasteiger partial charge in [-0.25, -0.2) is 4.39 Å². The number of fused-ring (bicyclic) bond motifs is 1. The highest BCUT2D eigenvalue weighted by Crippen LogP contribution is 2.36. The molecule has 1 fully saturated rings. The minimum atomic E-state index is -0.336. The van der Waals surface area contributed by atoms with Crippen molar-refractivity contribution < 1.29 is 18.8 Å². The smallest absolute Gasteiger partial charge is 0.253 e. The van der Waals surface area contributed by atoms with Crippen LogP contribution in [0.4, 0.5) is 10.1 Å². The van der Waals surface area contributed by atoms with Crippen LogP contribution in [0.3, 0.4) is 0 Å². The highest BCUT2D eigenvalue weighted by Gasteiger charge is 2.28. The van der Waals surface area contributed by atoms with Gasteiger partial charge in [0, 0.05) is 30.1 Å². The average molecular weight is 428 g/mol. The molecule has 0 atom stereocenters. The molecular formula is C22H22FN3O3S. The Labute approximate surface area is 178 Å². The Bertz CT molecular complexity index is 974. The number of anilines is 1. The van der Waals surface area contributed by atoms with Gasteiger partial charge in [-0.3, -0.25) is 14.4 Å². The Kier molecular flexibility index (Phi) is 6.03. The Morgan fingerprint density at radius 3 is 2.53 bits per heavy atom. The molecule has 6 nitrogen and oxygen atoms in total. The van der Waals surface area contributed by atoms with E-state index in [2.05, 4.69) is 5.32 Å². The second-order valence-corrected chi connectivity index (χ2v) is 8.37. The van der Waals surface area contributed by atoms with E-state index in [4.69, 9.17) is 0 Å². The zero-order valence-electron chi connectivity index (χ0n) is 16.4. The Balaban J connectivity index is 1.47. The van der Waals surface area contributed by atoms with Crippen LogP contribution in [0.1, 0.15) is 28.8 Å². The van der Waals surface area contributed by atoms with E-state index in [0.717, 1.165) is 36.4 Å². The number of rotatable bonds is 5. The summed E-state index contributed by atoms with van der Waals surface area (Å²) < 4.78 is 13.0. The summed E-state index contributed by atoms with van der Waals surface area (Å²) in [5.74, 6) is -0.620. The van der Waals surface area contributed by atoms with Crippen molar-refractivity contribution >= 4 is 35.2 Å². The second-order valence-electron chi connectivity index (χ2n) is 7.35. The van der Waals surface area contributed by atoms with Gasteiger partial charge in [-0.15, -0.1) is 11.8 Å². The normalized spacial score (nSPS) is 15.8. The fraction of sp³-hybridized carbons (Fsp3) is 0.318. The molecule has 3 amide bonds. The van der Waals surface area contributed by atoms with E-state index in [1.54, 1.807) is 24.3 Å². The third kappa shape index (κ3) is 4.48. The first kappa shape index (κ1) is 20.4. The lowest BCUT2D eigenvalue weighted by molar-refractivity contribution is -0.123. The van der Waals surface area contributed by atoms with Gasteiger partial charge in [0.25, 0.3) is 5.91 Å². The van der Waals surface area contributed by atoms with Gasteiger partial charge < -0.3 is 15.1 Å². The number of thioether (sulfide) groups is 1. The first-order valence-corrected chi connectivity index (χ1v) is 10.9. The van der Waals surface area contributed by atoms with Crippen LogP contribution in [0.5, 0.6) is 0 Å². The van der Waals surface area contributed by atoms with Crippen LogP contribution in [0, 0.1) is 5.82 Å². The predicted molar refractivity (Wildman–Crippen MR) is 113 cm³/mol. The van der Waals surface area contributed by atoms with Crippen LogP contribution in [0.15, 0.2) is 47.4 Å². The number of amides is 3. The topological polar surface area (TPSA) is 69.7 Å². The third-order valence-electron chi connectivity index (χ3n) is 5.25. The van der Waals surface area contributed by atoms with Crippen LogP contribution in [-0.4, -0.2) is 48.0 Å². The standard InChI is InChI=1S/C22H22FN3O3S/c23-17-6-3-15(4-7-17)12-24-20(27)13-26-18-11-16(22(29)25-9-1-2-10-25)5-8-19(18)30-14-21(26)28/h3-8,11H,1-2,9-10,12-14H2,(H,24,27). The fourth-order valence-corrected chi connectivity index (χ4v) is 4.53. The first-order valence-electron chi connectivity index (χ1n) is 9.89. The number of hydrogen-bond donors (Lipinski definition) is 1. The van der Waals surface area contributed by atoms with Gasteiger partial charge >= 0.3 is 0 Å². The largest absolute Gasteiger partial charge is 0.350 e. The van der Waals surface area contributed by atoms with Crippen molar-refractivity contribution in [2.75, 3.05) is 30.3 Å². The van der Waals surface area contributed by atoms with Gasteiger partial charge in [0.2, 0.25) is 11.8 Å². The summed E-state index contributed by atoms with van der Waals surface area (Å²) in [4.78, 5) is 41.9. The van der Waals surface area contributed by atoms with E-state index in [0.29, 0.717) is 11.3 Å². The van der Waals surface area contributed by atoms with Crippen LogP contribution < -0.4 is 10.2 Å². The molecular weight excluding hydrogens is 405 g/mol. The second kappa shape index (κ2) is 8.87. The molecule has 2 heterocycles. The highest BCUT2D eigenvalue weighted by atomic mass is 32.2. The van der Waals surface area contributed by atoms with Crippen LogP contribution in [0.2, 0.25) is 0 Å². The number of benzene rings is 2. The predicted octanol–water partition coefficient (Wildman–Crippen LogP) is 2.82. The van der Waals surface area contributed by atoms with Gasteiger partial charge in [-0.1, -0.05) is 12.1 Å². The number of hydrogen-bond acceptors (Lipinski definition) is 4. The van der Waals surface area contributed by atoms with E-state index >= 15 is 0 Å². The van der Waals surface area contributed by atoms with Gasteiger partial charge in [0.05, 0.1) is 11.4 Å². The molecule has 1 saturated heterocycles. The maximum Gasteiger partial charge on any atom is 0.253 e. The van der Waals surface area contributed by atoms with Gasteiger partial charge in [0.1, 0.15) is 12.4 Å². The van der Waals surface area contributed by atoms with Crippen molar-refractivity contribution in [3.63, 3.8) is 0 Å². The lowest BCUT2D eigenvalue weighted by atomic mass is 10.1. The summed E-state index contributed by atoms with van der Waals surface area (Å²) >= 11 is 1.41. The summed E-state index contributed by atoms with van der Waals surface area (Å²) in [7, 11) is 0. The van der Waals surface area contributed by atoms with Crippen LogP contribution in [0.25, 0.3) is 0 Å². The molecule has 2 aliphatic rings. The van der Waals surface area contributed by atoms with E-state index in [9.17, 15) is 18.8 Å². The first-order chi connectivity index (χ1) is 14.5. The van der Waals surface area contributed by atoms with Crippen LogP contribution >= 0.6 is 11.8 Å². The van der Waals surface area contributed by atoms with Gasteiger partial charge in [-0.05, 0) is 48.7 Å². The van der Waals surface area contributed by atoms with E-state index in [-0.39, 0.29) is 42.4 Å². The minimum Gasteiger partial charge on any atom is -0.350 e. The molecule has 0 spiro atoms. The maximum atomic E-state index is 13.0. The molecule has 0 aromatic heterocycles. The molecule has 156 valence electrons. The van der Waals surface area contributed by atoms with Crippen molar-refractivity contribution in [1.82, 2.24) is 10.2 Å². The molecule has 2 aromatic rings. The third-order valence-corrected chi connectivity index (χ3v) is 6.29. The van der Waals surface area contributed by atoms with Crippen molar-refractivity contribution in [2.24, 2.45) is 0 Å². The number of halogens is 1. The zero-order chi connectivity index (χ0) is 21.1. The molecule has 8 heteroatoms. The van der Waals surface area contributed by atoms with Crippen molar-refractivity contribution in [2.45, 2.75) is 24.3 Å². The summed E-state index contributed by atoms with van der Waals surface area (Å²) in [6, 6.07) is 11.2. The fourth-order valence-electron chi connectivity index (χ4n) is 3.61. The molecule has 0 bridgehead atoms.